The van der Waals surface area contributed by atoms with E-state index in [0.717, 1.165) is 0 Å². The molecule has 1 N–H and O–H groups in total. The van der Waals surface area contributed by atoms with Crippen molar-refractivity contribution in [2.75, 3.05) is 0 Å². The maximum absolute atomic E-state index is 11.7. The van der Waals surface area contributed by atoms with Gasteiger partial charge in [-0.05, 0) is 37.1 Å². The number of carbonyl (C=O) groups excluding carboxylic acids is 1. The van der Waals surface area contributed by atoms with Crippen LogP contribution in [0, 0.1) is 5.92 Å². The van der Waals surface area contributed by atoms with E-state index in [9.17, 15) is 9.90 Å². The Labute approximate surface area is 122 Å². The molecule has 0 aliphatic rings. The van der Waals surface area contributed by atoms with Crippen molar-refractivity contribution in [2.45, 2.75) is 84.8 Å². The Morgan fingerprint density at radius 3 is 2.00 bits per heavy atom. The summed E-state index contributed by atoms with van der Waals surface area (Å²) in [5.74, 6) is -0.579. The number of aliphatic hydroxyl groups excluding tert-OH is 1. The fourth-order valence-corrected chi connectivity index (χ4v) is 2.08. The van der Waals surface area contributed by atoms with Crippen LogP contribution in [0.25, 0.3) is 0 Å². The first-order valence-corrected chi connectivity index (χ1v) is 7.72. The van der Waals surface area contributed by atoms with Gasteiger partial charge in [0.15, 0.2) is 0 Å². The summed E-state index contributed by atoms with van der Waals surface area (Å²) in [4.78, 5) is 21.7. The molecule has 0 fully saturated rings. The van der Waals surface area contributed by atoms with Gasteiger partial charge in [0.2, 0.25) is 0 Å². The third-order valence-electron chi connectivity index (χ3n) is 4.01. The molecule has 0 saturated heterocycles. The first-order chi connectivity index (χ1) is 9.48. The standard InChI is InChI=1S/C15H30O5/c1-6-12(7-2)14(17)18-20-19-15(9-4,10-5)11-13(16)8-3/h12-13,16H,6-11H2,1-5H3. The van der Waals surface area contributed by atoms with Gasteiger partial charge in [0.05, 0.1) is 12.0 Å². The Bertz CT molecular complexity index is 259. The lowest BCUT2D eigenvalue weighted by atomic mass is 9.90. The van der Waals surface area contributed by atoms with E-state index in [4.69, 9.17) is 14.8 Å². The topological polar surface area (TPSA) is 65.0 Å². The zero-order chi connectivity index (χ0) is 15.6. The van der Waals surface area contributed by atoms with Crippen LogP contribution in [-0.4, -0.2) is 22.8 Å². The van der Waals surface area contributed by atoms with E-state index in [0.29, 0.717) is 38.5 Å². The van der Waals surface area contributed by atoms with Crippen LogP contribution in [0.5, 0.6) is 0 Å². The summed E-state index contributed by atoms with van der Waals surface area (Å²) in [6.45, 7) is 9.68. The molecule has 5 nitrogen and oxygen atoms in total. The van der Waals surface area contributed by atoms with Gasteiger partial charge in [0.1, 0.15) is 5.60 Å². The van der Waals surface area contributed by atoms with Crippen LogP contribution in [0.2, 0.25) is 0 Å². The van der Waals surface area contributed by atoms with Crippen molar-refractivity contribution in [1.82, 2.24) is 0 Å². The van der Waals surface area contributed by atoms with Gasteiger partial charge in [0.25, 0.3) is 0 Å². The SMILES string of the molecule is CCC(O)CC(CC)(CC)OOOC(=O)C(CC)CC. The monoisotopic (exact) mass is 290 g/mol. The maximum atomic E-state index is 11.7. The Kier molecular flexibility index (Phi) is 9.80. The quantitative estimate of drug-likeness (QED) is 0.465. The molecule has 1 unspecified atom stereocenters. The molecule has 0 aromatic heterocycles. The van der Waals surface area contributed by atoms with Crippen molar-refractivity contribution in [3.63, 3.8) is 0 Å². The molecule has 0 saturated carbocycles. The van der Waals surface area contributed by atoms with Crippen molar-refractivity contribution in [3.8, 4) is 0 Å². The Hall–Kier alpha value is -0.650. The number of hydrogen-bond acceptors (Lipinski definition) is 5. The fourth-order valence-electron chi connectivity index (χ4n) is 2.08. The second kappa shape index (κ2) is 10.1. The number of hydrogen-bond donors (Lipinski definition) is 1. The molecular weight excluding hydrogens is 260 g/mol. The molecule has 0 bridgehead atoms. The average molecular weight is 290 g/mol. The van der Waals surface area contributed by atoms with Crippen LogP contribution >= 0.6 is 0 Å². The molecule has 0 radical (unpaired) electrons. The summed E-state index contributed by atoms with van der Waals surface area (Å²) in [5, 5.41) is 14.5. The highest BCUT2D eigenvalue weighted by Crippen LogP contribution is 2.28. The van der Waals surface area contributed by atoms with Crippen molar-refractivity contribution < 1.29 is 24.7 Å². The summed E-state index contributed by atoms with van der Waals surface area (Å²) in [6, 6.07) is 0. The normalized spacial score (nSPS) is 13.6. The van der Waals surface area contributed by atoms with Crippen LogP contribution in [0.3, 0.4) is 0 Å². The van der Waals surface area contributed by atoms with Crippen molar-refractivity contribution in [2.24, 2.45) is 5.92 Å². The Morgan fingerprint density at radius 1 is 1.05 bits per heavy atom. The van der Waals surface area contributed by atoms with E-state index in [1.54, 1.807) is 0 Å². The molecule has 0 aromatic carbocycles. The summed E-state index contributed by atoms with van der Waals surface area (Å²) in [7, 11) is 0. The van der Waals surface area contributed by atoms with Crippen LogP contribution in [-0.2, 0) is 19.6 Å². The Balaban J connectivity index is 4.37. The molecule has 0 rings (SSSR count). The average Bonchev–Trinajstić information content (AvgIpc) is 2.47. The van der Waals surface area contributed by atoms with Gasteiger partial charge in [-0.15, -0.1) is 0 Å². The van der Waals surface area contributed by atoms with Crippen molar-refractivity contribution >= 4 is 5.97 Å². The third kappa shape index (κ3) is 6.20. The molecule has 5 heteroatoms. The molecule has 0 aliphatic carbocycles. The third-order valence-corrected chi connectivity index (χ3v) is 4.01. The van der Waals surface area contributed by atoms with E-state index in [-0.39, 0.29) is 5.92 Å². The highest BCUT2D eigenvalue weighted by molar-refractivity contribution is 5.71. The molecule has 0 amide bonds. The fraction of sp³-hybridized carbons (Fsp3) is 0.933. The predicted molar refractivity (Wildman–Crippen MR) is 76.6 cm³/mol. The molecular formula is C15H30O5. The van der Waals surface area contributed by atoms with E-state index in [1.807, 2.05) is 34.6 Å². The first kappa shape index (κ1) is 19.4. The molecule has 0 heterocycles. The minimum Gasteiger partial charge on any atom is -0.393 e. The largest absolute Gasteiger partial charge is 0.393 e. The van der Waals surface area contributed by atoms with E-state index < -0.39 is 17.7 Å². The molecule has 120 valence electrons. The minimum absolute atomic E-state index is 0.169. The van der Waals surface area contributed by atoms with Gasteiger partial charge >= 0.3 is 5.97 Å². The lowest BCUT2D eigenvalue weighted by molar-refractivity contribution is -0.524. The van der Waals surface area contributed by atoms with Crippen LogP contribution in [0.1, 0.15) is 73.1 Å². The van der Waals surface area contributed by atoms with E-state index in [1.165, 1.54) is 0 Å². The maximum Gasteiger partial charge on any atom is 0.348 e. The predicted octanol–water partition coefficient (Wildman–Crippen LogP) is 3.55. The van der Waals surface area contributed by atoms with Gasteiger partial charge < -0.3 is 5.11 Å². The van der Waals surface area contributed by atoms with E-state index in [2.05, 4.69) is 0 Å². The van der Waals surface area contributed by atoms with Crippen molar-refractivity contribution in [1.29, 1.82) is 0 Å². The minimum atomic E-state index is -0.621. The van der Waals surface area contributed by atoms with Crippen LogP contribution in [0.15, 0.2) is 0 Å². The summed E-state index contributed by atoms with van der Waals surface area (Å²) in [6.07, 6.45) is 3.41. The van der Waals surface area contributed by atoms with Gasteiger partial charge in [-0.25, -0.2) is 4.79 Å². The zero-order valence-corrected chi connectivity index (χ0v) is 13.5. The number of aliphatic hydroxyl groups is 1. The molecule has 0 spiro atoms. The number of rotatable bonds is 11. The molecule has 0 aliphatic heterocycles. The second-order valence-electron chi connectivity index (χ2n) is 5.22. The molecule has 20 heavy (non-hydrogen) atoms. The van der Waals surface area contributed by atoms with E-state index >= 15 is 0 Å². The lowest BCUT2D eigenvalue weighted by Crippen LogP contribution is -2.36. The van der Waals surface area contributed by atoms with Gasteiger partial charge in [-0.3, -0.25) is 4.89 Å². The van der Waals surface area contributed by atoms with Gasteiger partial charge in [-0.2, -0.15) is 4.89 Å². The lowest BCUT2D eigenvalue weighted by Gasteiger charge is -2.30. The zero-order valence-electron chi connectivity index (χ0n) is 13.5. The molecule has 1 atom stereocenters. The first-order valence-electron chi connectivity index (χ1n) is 7.72. The van der Waals surface area contributed by atoms with Gasteiger partial charge in [0, 0.05) is 6.42 Å². The second-order valence-corrected chi connectivity index (χ2v) is 5.22. The highest BCUT2D eigenvalue weighted by Gasteiger charge is 2.32. The summed E-state index contributed by atoms with van der Waals surface area (Å²) >= 11 is 0. The van der Waals surface area contributed by atoms with Crippen molar-refractivity contribution in [3.05, 3.63) is 0 Å². The van der Waals surface area contributed by atoms with Crippen LogP contribution < -0.4 is 0 Å². The van der Waals surface area contributed by atoms with Gasteiger partial charge in [-0.1, -0.05) is 34.6 Å². The number of carbonyl (C=O) groups is 1. The highest BCUT2D eigenvalue weighted by atomic mass is 17.5. The molecule has 0 aromatic rings. The summed E-state index contributed by atoms with van der Waals surface area (Å²) < 4.78 is 0. The smallest absolute Gasteiger partial charge is 0.348 e. The van der Waals surface area contributed by atoms with Crippen LogP contribution in [0.4, 0.5) is 0 Å². The Morgan fingerprint density at radius 2 is 1.60 bits per heavy atom. The summed E-state index contributed by atoms with van der Waals surface area (Å²) in [5.41, 5.74) is -0.621.